The number of rotatable bonds is 6. The third-order valence-electron chi connectivity index (χ3n) is 3.51. The van der Waals surface area contributed by atoms with Crippen LogP contribution in [0, 0.1) is 0 Å². The largest absolute Gasteiger partial charge is 0.314 e. The van der Waals surface area contributed by atoms with E-state index in [1.54, 1.807) is 17.9 Å². The van der Waals surface area contributed by atoms with Crippen LogP contribution in [-0.4, -0.2) is 72.9 Å². The van der Waals surface area contributed by atoms with Crippen LogP contribution in [0.4, 0.5) is 0 Å². The second-order valence-electron chi connectivity index (χ2n) is 5.19. The molecule has 0 aliphatic carbocycles. The zero-order chi connectivity index (χ0) is 14.6. The summed E-state index contributed by atoms with van der Waals surface area (Å²) in [7, 11) is 0.233. The SMILES string of the molecule is CN(Cc1cnn(C)c1)S(=O)(=O)CCN1CCNCC1. The van der Waals surface area contributed by atoms with Gasteiger partial charge in [-0.05, 0) is 0 Å². The lowest BCUT2D eigenvalue weighted by molar-refractivity contribution is 0.252. The summed E-state index contributed by atoms with van der Waals surface area (Å²) in [6, 6.07) is 0. The van der Waals surface area contributed by atoms with E-state index >= 15 is 0 Å². The van der Waals surface area contributed by atoms with E-state index in [2.05, 4.69) is 15.3 Å². The average Bonchev–Trinajstić information content (AvgIpc) is 2.83. The summed E-state index contributed by atoms with van der Waals surface area (Å²) in [6.45, 7) is 4.68. The summed E-state index contributed by atoms with van der Waals surface area (Å²) in [5.74, 6) is 0.170. The zero-order valence-electron chi connectivity index (χ0n) is 12.1. The van der Waals surface area contributed by atoms with Gasteiger partial charge in [0.05, 0.1) is 11.9 Å². The van der Waals surface area contributed by atoms with Gasteiger partial charge in [0.2, 0.25) is 10.0 Å². The molecule has 0 spiro atoms. The summed E-state index contributed by atoms with van der Waals surface area (Å²) in [6.07, 6.45) is 3.53. The average molecular weight is 301 g/mol. The van der Waals surface area contributed by atoms with Crippen LogP contribution in [0.5, 0.6) is 0 Å². The molecule has 0 saturated carbocycles. The van der Waals surface area contributed by atoms with Crippen molar-refractivity contribution in [2.24, 2.45) is 7.05 Å². The van der Waals surface area contributed by atoms with E-state index in [4.69, 9.17) is 0 Å². The molecule has 8 heteroatoms. The van der Waals surface area contributed by atoms with Crippen LogP contribution in [-0.2, 0) is 23.6 Å². The minimum absolute atomic E-state index is 0.170. The third kappa shape index (κ3) is 4.27. The van der Waals surface area contributed by atoms with Gasteiger partial charge in [0, 0.05) is 65.1 Å². The van der Waals surface area contributed by atoms with Gasteiger partial charge in [-0.25, -0.2) is 12.7 Å². The molecule has 1 aromatic heterocycles. The van der Waals surface area contributed by atoms with E-state index in [1.807, 2.05) is 13.2 Å². The Hall–Kier alpha value is -0.960. The molecule has 1 saturated heterocycles. The third-order valence-corrected chi connectivity index (χ3v) is 5.29. The molecule has 20 heavy (non-hydrogen) atoms. The van der Waals surface area contributed by atoms with Crippen LogP contribution in [0.15, 0.2) is 12.4 Å². The summed E-state index contributed by atoms with van der Waals surface area (Å²) in [5.41, 5.74) is 0.903. The Balaban J connectivity index is 1.85. The maximum Gasteiger partial charge on any atom is 0.215 e. The smallest absolute Gasteiger partial charge is 0.215 e. The minimum Gasteiger partial charge on any atom is -0.314 e. The Morgan fingerprint density at radius 1 is 1.40 bits per heavy atom. The van der Waals surface area contributed by atoms with Crippen molar-refractivity contribution in [1.29, 1.82) is 0 Å². The van der Waals surface area contributed by atoms with Gasteiger partial charge < -0.3 is 5.32 Å². The molecule has 1 aliphatic heterocycles. The first kappa shape index (κ1) is 15.4. The van der Waals surface area contributed by atoms with Gasteiger partial charge in [0.1, 0.15) is 0 Å². The monoisotopic (exact) mass is 301 g/mol. The molecule has 0 unspecified atom stereocenters. The first-order chi connectivity index (χ1) is 9.47. The highest BCUT2D eigenvalue weighted by Gasteiger charge is 2.20. The second-order valence-corrected chi connectivity index (χ2v) is 7.38. The lowest BCUT2D eigenvalue weighted by atomic mass is 10.4. The highest BCUT2D eigenvalue weighted by atomic mass is 32.2. The molecular formula is C12H23N5O2S. The van der Waals surface area contributed by atoms with Crippen molar-refractivity contribution >= 4 is 10.0 Å². The Kier molecular flexibility index (Phi) is 5.14. The Labute approximate surface area is 120 Å². The highest BCUT2D eigenvalue weighted by molar-refractivity contribution is 7.89. The van der Waals surface area contributed by atoms with Crippen molar-refractivity contribution in [2.75, 3.05) is 45.5 Å². The second kappa shape index (κ2) is 6.66. The van der Waals surface area contributed by atoms with Gasteiger partial charge in [-0.15, -0.1) is 0 Å². The van der Waals surface area contributed by atoms with Gasteiger partial charge in [-0.3, -0.25) is 9.58 Å². The summed E-state index contributed by atoms with van der Waals surface area (Å²) in [4.78, 5) is 2.19. The fourth-order valence-corrected chi connectivity index (χ4v) is 3.39. The first-order valence-corrected chi connectivity index (χ1v) is 8.43. The molecular weight excluding hydrogens is 278 g/mol. The fourth-order valence-electron chi connectivity index (χ4n) is 2.24. The molecule has 1 N–H and O–H groups in total. The maximum absolute atomic E-state index is 12.2. The number of nitrogens with zero attached hydrogens (tertiary/aromatic N) is 4. The molecule has 1 fully saturated rings. The molecule has 0 radical (unpaired) electrons. The van der Waals surface area contributed by atoms with E-state index < -0.39 is 10.0 Å². The van der Waals surface area contributed by atoms with Gasteiger partial charge in [0.15, 0.2) is 0 Å². The molecule has 2 rings (SSSR count). The van der Waals surface area contributed by atoms with Gasteiger partial charge >= 0.3 is 0 Å². The maximum atomic E-state index is 12.2. The molecule has 1 aliphatic rings. The van der Waals surface area contributed by atoms with Crippen molar-refractivity contribution in [3.8, 4) is 0 Å². The molecule has 0 bridgehead atoms. The number of hydrogen-bond acceptors (Lipinski definition) is 5. The zero-order valence-corrected chi connectivity index (χ0v) is 12.9. The van der Waals surface area contributed by atoms with Crippen LogP contribution in [0.1, 0.15) is 5.56 Å². The minimum atomic E-state index is -3.21. The molecule has 7 nitrogen and oxygen atoms in total. The van der Waals surface area contributed by atoms with Crippen LogP contribution < -0.4 is 5.32 Å². The lowest BCUT2D eigenvalue weighted by Gasteiger charge is -2.27. The number of aromatic nitrogens is 2. The molecule has 1 aromatic rings. The molecule has 0 aromatic carbocycles. The van der Waals surface area contributed by atoms with Crippen LogP contribution in [0.25, 0.3) is 0 Å². The van der Waals surface area contributed by atoms with Crippen LogP contribution in [0.2, 0.25) is 0 Å². The standard InChI is InChI=1S/C12H23N5O2S/c1-15-10-12(9-14-15)11-16(2)20(18,19)8-7-17-5-3-13-4-6-17/h9-10,13H,3-8,11H2,1-2H3. The van der Waals surface area contributed by atoms with E-state index in [9.17, 15) is 8.42 Å². The van der Waals surface area contributed by atoms with Crippen molar-refractivity contribution in [3.63, 3.8) is 0 Å². The van der Waals surface area contributed by atoms with Gasteiger partial charge in [-0.1, -0.05) is 0 Å². The summed E-state index contributed by atoms with van der Waals surface area (Å²) >= 11 is 0. The summed E-state index contributed by atoms with van der Waals surface area (Å²) < 4.78 is 27.6. The van der Waals surface area contributed by atoms with Crippen molar-refractivity contribution in [3.05, 3.63) is 18.0 Å². The van der Waals surface area contributed by atoms with Crippen LogP contribution in [0.3, 0.4) is 0 Å². The Morgan fingerprint density at radius 2 is 2.10 bits per heavy atom. The number of sulfonamides is 1. The highest BCUT2D eigenvalue weighted by Crippen LogP contribution is 2.07. The number of hydrogen-bond donors (Lipinski definition) is 1. The van der Waals surface area contributed by atoms with Crippen molar-refractivity contribution in [1.82, 2.24) is 24.3 Å². The molecule has 0 atom stereocenters. The first-order valence-electron chi connectivity index (χ1n) is 6.82. The topological polar surface area (TPSA) is 70.5 Å². The predicted molar refractivity (Wildman–Crippen MR) is 77.8 cm³/mol. The molecule has 114 valence electrons. The molecule has 2 heterocycles. The summed E-state index contributed by atoms with van der Waals surface area (Å²) in [5, 5.41) is 7.31. The molecule has 0 amide bonds. The predicted octanol–water partition coefficient (Wildman–Crippen LogP) is -0.913. The lowest BCUT2D eigenvalue weighted by Crippen LogP contribution is -2.46. The number of aryl methyl sites for hydroxylation is 1. The normalized spacial score (nSPS) is 17.8. The Bertz CT molecular complexity index is 522. The quantitative estimate of drug-likeness (QED) is 0.736. The Morgan fingerprint density at radius 3 is 2.70 bits per heavy atom. The van der Waals surface area contributed by atoms with Gasteiger partial charge in [-0.2, -0.15) is 5.10 Å². The van der Waals surface area contributed by atoms with Crippen molar-refractivity contribution < 1.29 is 8.42 Å². The number of piperazine rings is 1. The fraction of sp³-hybridized carbons (Fsp3) is 0.750. The number of nitrogens with one attached hydrogen (secondary N) is 1. The van der Waals surface area contributed by atoms with Gasteiger partial charge in [0.25, 0.3) is 0 Å². The van der Waals surface area contributed by atoms with E-state index in [1.165, 1.54) is 4.31 Å². The van der Waals surface area contributed by atoms with E-state index in [-0.39, 0.29) is 5.75 Å². The van der Waals surface area contributed by atoms with E-state index in [0.29, 0.717) is 13.1 Å². The van der Waals surface area contributed by atoms with E-state index in [0.717, 1.165) is 31.7 Å². The van der Waals surface area contributed by atoms with Crippen molar-refractivity contribution in [2.45, 2.75) is 6.54 Å². The van der Waals surface area contributed by atoms with Crippen LogP contribution >= 0.6 is 0 Å².